The molecule has 0 saturated carbocycles. The first kappa shape index (κ1) is 19.8. The van der Waals surface area contributed by atoms with E-state index in [0.717, 1.165) is 27.8 Å². The lowest BCUT2D eigenvalue weighted by atomic mass is 9.66. The van der Waals surface area contributed by atoms with Crippen molar-refractivity contribution in [3.05, 3.63) is 60.5 Å². The normalized spacial score (nSPS) is 20.4. The molecule has 0 radical (unpaired) electrons. The summed E-state index contributed by atoms with van der Waals surface area (Å²) in [6, 6.07) is 7.91. The molecule has 2 aromatic heterocycles. The summed E-state index contributed by atoms with van der Waals surface area (Å²) >= 11 is 1.51. The van der Waals surface area contributed by atoms with Gasteiger partial charge in [-0.15, -0.1) is 0 Å². The number of carbonyl (C=O) groups is 1. The number of thiazole rings is 1. The first-order valence-electron chi connectivity index (χ1n) is 10.4. The number of rotatable bonds is 4. The molecular weight excluding hydrogens is 410 g/mol. The van der Waals surface area contributed by atoms with Crippen molar-refractivity contribution in [2.75, 3.05) is 24.3 Å². The highest BCUT2D eigenvalue weighted by atomic mass is 32.1. The van der Waals surface area contributed by atoms with E-state index in [4.69, 9.17) is 10.5 Å². The molecule has 1 fully saturated rings. The molecule has 1 saturated heterocycles. The van der Waals surface area contributed by atoms with Crippen molar-refractivity contribution in [1.82, 2.24) is 15.0 Å². The van der Waals surface area contributed by atoms with Gasteiger partial charge >= 0.3 is 0 Å². The first-order valence-corrected chi connectivity index (χ1v) is 11.2. The van der Waals surface area contributed by atoms with Gasteiger partial charge in [0.05, 0.1) is 15.6 Å². The molecule has 1 aromatic carbocycles. The quantitative estimate of drug-likeness (QED) is 0.643. The molecule has 0 spiro atoms. The predicted octanol–water partition coefficient (Wildman–Crippen LogP) is 4.06. The van der Waals surface area contributed by atoms with Crippen molar-refractivity contribution < 1.29 is 9.53 Å². The van der Waals surface area contributed by atoms with Gasteiger partial charge in [0.25, 0.3) is 0 Å². The third-order valence-corrected chi connectivity index (χ3v) is 7.12. The number of amides is 1. The van der Waals surface area contributed by atoms with Crippen molar-refractivity contribution in [2.24, 2.45) is 11.3 Å². The Morgan fingerprint density at radius 3 is 2.68 bits per heavy atom. The summed E-state index contributed by atoms with van der Waals surface area (Å²) in [4.78, 5) is 26.3. The number of benzene rings is 1. The van der Waals surface area contributed by atoms with Crippen LogP contribution in [0.1, 0.15) is 24.8 Å². The van der Waals surface area contributed by atoms with Crippen molar-refractivity contribution >= 4 is 44.1 Å². The monoisotopic (exact) mass is 433 g/mol. The number of anilines is 2. The summed E-state index contributed by atoms with van der Waals surface area (Å²) in [6.07, 6.45) is 12.0. The number of ether oxygens (including phenoxy) is 1. The minimum atomic E-state index is -0.522. The number of nitrogens with one attached hydrogen (secondary N) is 1. The van der Waals surface area contributed by atoms with Crippen LogP contribution < -0.4 is 11.1 Å². The van der Waals surface area contributed by atoms with Crippen LogP contribution in [0, 0.1) is 11.3 Å². The average molecular weight is 434 g/mol. The topological polar surface area (TPSA) is 103 Å². The van der Waals surface area contributed by atoms with Crippen molar-refractivity contribution in [2.45, 2.75) is 19.3 Å². The fourth-order valence-corrected chi connectivity index (χ4v) is 5.24. The number of nitrogen functional groups attached to an aromatic ring is 1. The highest BCUT2D eigenvalue weighted by Gasteiger charge is 2.46. The van der Waals surface area contributed by atoms with Crippen LogP contribution in [0.15, 0.2) is 54.9 Å². The Balaban J connectivity index is 1.38. The largest absolute Gasteiger partial charge is 0.381 e. The molecule has 3 heterocycles. The summed E-state index contributed by atoms with van der Waals surface area (Å²) in [5.41, 5.74) is 7.94. The minimum Gasteiger partial charge on any atom is -0.381 e. The van der Waals surface area contributed by atoms with E-state index in [1.54, 1.807) is 12.4 Å². The smallest absolute Gasteiger partial charge is 0.233 e. The molecular formula is C23H23N5O2S. The molecule has 7 nitrogen and oxygen atoms in total. The number of nitrogens with zero attached hydrogens (tertiary/aromatic N) is 3. The first-order chi connectivity index (χ1) is 15.1. The van der Waals surface area contributed by atoms with Crippen molar-refractivity contribution in [3.8, 4) is 0 Å². The van der Waals surface area contributed by atoms with Crippen LogP contribution in [0.4, 0.5) is 11.1 Å². The van der Waals surface area contributed by atoms with Gasteiger partial charge in [-0.3, -0.25) is 4.79 Å². The van der Waals surface area contributed by atoms with Crippen LogP contribution in [0.5, 0.6) is 0 Å². The number of fused-ring (bicyclic) bond motifs is 1. The molecule has 158 valence electrons. The van der Waals surface area contributed by atoms with Gasteiger partial charge in [-0.25, -0.2) is 15.0 Å². The fraction of sp³-hybridized carbons (Fsp3) is 0.304. The van der Waals surface area contributed by atoms with Crippen molar-refractivity contribution in [1.29, 1.82) is 0 Å². The van der Waals surface area contributed by atoms with Crippen LogP contribution in [0.3, 0.4) is 0 Å². The third kappa shape index (κ3) is 3.84. The molecule has 0 bridgehead atoms. The van der Waals surface area contributed by atoms with Gasteiger partial charge in [0.1, 0.15) is 0 Å². The van der Waals surface area contributed by atoms with Crippen LogP contribution >= 0.6 is 11.3 Å². The summed E-state index contributed by atoms with van der Waals surface area (Å²) < 4.78 is 6.67. The number of hydrogen-bond acceptors (Lipinski definition) is 7. The Hall–Kier alpha value is -3.10. The summed E-state index contributed by atoms with van der Waals surface area (Å²) in [5, 5.41) is 3.76. The van der Waals surface area contributed by atoms with E-state index in [0.29, 0.717) is 31.2 Å². The highest BCUT2D eigenvalue weighted by molar-refractivity contribution is 7.22. The molecule has 3 aromatic rings. The molecule has 31 heavy (non-hydrogen) atoms. The SMILES string of the molecule is Nc1ncc(C2=CCC(C3(C(=O)Nc4nc5ccccc5s4)CCOCC3)C=C2)cn1. The molecule has 1 atom stereocenters. The zero-order chi connectivity index (χ0) is 21.3. The second-order valence-electron chi connectivity index (χ2n) is 7.90. The lowest BCUT2D eigenvalue weighted by Crippen LogP contribution is -2.46. The van der Waals surface area contributed by atoms with E-state index in [2.05, 4.69) is 38.5 Å². The van der Waals surface area contributed by atoms with E-state index in [9.17, 15) is 4.79 Å². The van der Waals surface area contributed by atoms with Gasteiger partial charge in [-0.1, -0.05) is 41.7 Å². The van der Waals surface area contributed by atoms with Gasteiger partial charge in [-0.2, -0.15) is 0 Å². The lowest BCUT2D eigenvalue weighted by molar-refractivity contribution is -0.134. The number of para-hydroxylation sites is 1. The molecule has 3 N–H and O–H groups in total. The molecule has 1 aliphatic carbocycles. The lowest BCUT2D eigenvalue weighted by Gasteiger charge is -2.41. The van der Waals surface area contributed by atoms with Gasteiger partial charge in [0.2, 0.25) is 11.9 Å². The van der Waals surface area contributed by atoms with Gasteiger partial charge in [-0.05, 0) is 42.9 Å². The van der Waals surface area contributed by atoms with Crippen LogP contribution in [0.25, 0.3) is 15.8 Å². The van der Waals surface area contributed by atoms with Gasteiger partial charge in [0, 0.05) is 31.2 Å². The van der Waals surface area contributed by atoms with E-state index in [1.807, 2.05) is 24.3 Å². The number of nitrogens with two attached hydrogens (primary N) is 1. The third-order valence-electron chi connectivity index (χ3n) is 6.17. The van der Waals surface area contributed by atoms with E-state index >= 15 is 0 Å². The highest BCUT2D eigenvalue weighted by Crippen LogP contribution is 2.44. The zero-order valence-corrected chi connectivity index (χ0v) is 17.8. The summed E-state index contributed by atoms with van der Waals surface area (Å²) in [5.74, 6) is 0.371. The Labute approximate surface area is 184 Å². The molecule has 1 amide bonds. The zero-order valence-electron chi connectivity index (χ0n) is 17.0. The van der Waals surface area contributed by atoms with Gasteiger partial charge < -0.3 is 15.8 Å². The predicted molar refractivity (Wildman–Crippen MR) is 122 cm³/mol. The second-order valence-corrected chi connectivity index (χ2v) is 8.93. The standard InChI is InChI=1S/C23H23N5O2S/c24-21-25-13-16(14-26-21)15-5-7-17(8-6-15)23(9-11-30-12-10-23)20(29)28-22-27-18-3-1-2-4-19(18)31-22/h1-7,13-14,17H,8-12H2,(H2,24,25,26)(H,27,28,29). The molecule has 5 rings (SSSR count). The average Bonchev–Trinajstić information content (AvgIpc) is 3.22. The maximum atomic E-state index is 13.6. The maximum Gasteiger partial charge on any atom is 0.233 e. The minimum absolute atomic E-state index is 0.0252. The molecule has 8 heteroatoms. The number of allylic oxidation sites excluding steroid dienone is 4. The number of aromatic nitrogens is 3. The Kier molecular flexibility index (Phi) is 5.25. The molecule has 1 aliphatic heterocycles. The Morgan fingerprint density at radius 1 is 1.19 bits per heavy atom. The summed E-state index contributed by atoms with van der Waals surface area (Å²) in [6.45, 7) is 1.17. The van der Waals surface area contributed by atoms with E-state index in [1.165, 1.54) is 11.3 Å². The van der Waals surface area contributed by atoms with Crippen LogP contribution in [-0.2, 0) is 9.53 Å². The second kappa shape index (κ2) is 8.20. The van der Waals surface area contributed by atoms with Crippen LogP contribution in [-0.4, -0.2) is 34.1 Å². The Bertz CT molecular complexity index is 1130. The van der Waals surface area contributed by atoms with E-state index < -0.39 is 5.41 Å². The number of hydrogen-bond donors (Lipinski definition) is 2. The molecule has 2 aliphatic rings. The van der Waals surface area contributed by atoms with E-state index in [-0.39, 0.29) is 17.8 Å². The number of carbonyl (C=O) groups excluding carboxylic acids is 1. The fourth-order valence-electron chi connectivity index (χ4n) is 4.38. The summed E-state index contributed by atoms with van der Waals surface area (Å²) in [7, 11) is 0. The molecule has 1 unspecified atom stereocenters. The van der Waals surface area contributed by atoms with Crippen molar-refractivity contribution in [3.63, 3.8) is 0 Å². The Morgan fingerprint density at radius 2 is 1.97 bits per heavy atom. The maximum absolute atomic E-state index is 13.6. The van der Waals surface area contributed by atoms with Gasteiger partial charge in [0.15, 0.2) is 5.13 Å². The van der Waals surface area contributed by atoms with Crippen LogP contribution in [0.2, 0.25) is 0 Å².